The molecular weight excluding hydrogens is 207 g/mol. The third-order valence-electron chi connectivity index (χ3n) is 1.95. The van der Waals surface area contributed by atoms with Gasteiger partial charge in [-0.05, 0) is 19.8 Å². The second kappa shape index (κ2) is 6.06. The lowest BCUT2D eigenvalue weighted by Crippen LogP contribution is -2.21. The van der Waals surface area contributed by atoms with Gasteiger partial charge in [0.1, 0.15) is 13.2 Å². The smallest absolute Gasteiger partial charge is 0.466 e. The Balaban J connectivity index is 2.38. The monoisotopic (exact) mass is 221 g/mol. The molecule has 1 rings (SSSR count). The molecule has 0 spiro atoms. The van der Waals surface area contributed by atoms with E-state index >= 15 is 0 Å². The van der Waals surface area contributed by atoms with E-state index in [1.54, 1.807) is 6.92 Å². The maximum atomic E-state index is 11.3. The van der Waals surface area contributed by atoms with Gasteiger partial charge in [-0.1, -0.05) is 0 Å². The largest absolute Gasteiger partial charge is 0.697 e. The molecule has 0 bridgehead atoms. The highest BCUT2D eigenvalue weighted by molar-refractivity contribution is 7.33. The standard InChI is InChI=1S/C8H14O5P/c1-2-11-8(9)7-3-5-12-14(10)13-6-4-7/h7H,2-6H2,1H3/q+1. The van der Waals surface area contributed by atoms with E-state index in [0.717, 1.165) is 0 Å². The van der Waals surface area contributed by atoms with Gasteiger partial charge in [-0.15, -0.1) is 9.05 Å². The van der Waals surface area contributed by atoms with Gasteiger partial charge in [-0.3, -0.25) is 4.79 Å². The minimum atomic E-state index is -1.98. The Bertz CT molecular complexity index is 206. The van der Waals surface area contributed by atoms with E-state index in [-0.39, 0.29) is 25.1 Å². The van der Waals surface area contributed by atoms with Gasteiger partial charge in [0.15, 0.2) is 0 Å². The molecule has 0 aromatic heterocycles. The lowest BCUT2D eigenvalue weighted by atomic mass is 10.0. The van der Waals surface area contributed by atoms with Crippen LogP contribution >= 0.6 is 8.25 Å². The molecule has 14 heavy (non-hydrogen) atoms. The van der Waals surface area contributed by atoms with Crippen molar-refractivity contribution < 1.29 is 23.1 Å². The van der Waals surface area contributed by atoms with Crippen molar-refractivity contribution in [1.82, 2.24) is 0 Å². The van der Waals surface area contributed by atoms with Gasteiger partial charge < -0.3 is 4.74 Å². The summed E-state index contributed by atoms with van der Waals surface area (Å²) in [5.41, 5.74) is 0. The van der Waals surface area contributed by atoms with Crippen LogP contribution in [0.15, 0.2) is 0 Å². The zero-order valence-corrected chi connectivity index (χ0v) is 9.00. The van der Waals surface area contributed by atoms with Crippen LogP contribution in [-0.4, -0.2) is 25.8 Å². The minimum Gasteiger partial charge on any atom is -0.466 e. The van der Waals surface area contributed by atoms with E-state index in [4.69, 9.17) is 13.8 Å². The first-order valence-corrected chi connectivity index (χ1v) is 5.73. The zero-order valence-electron chi connectivity index (χ0n) is 8.10. The van der Waals surface area contributed by atoms with Crippen LogP contribution in [0.5, 0.6) is 0 Å². The Hall–Kier alpha value is -0.510. The molecule has 1 heterocycles. The van der Waals surface area contributed by atoms with Gasteiger partial charge >= 0.3 is 14.2 Å². The van der Waals surface area contributed by atoms with Crippen LogP contribution in [0.25, 0.3) is 0 Å². The fourth-order valence-corrected chi connectivity index (χ4v) is 1.80. The number of rotatable bonds is 2. The second-order valence-electron chi connectivity index (χ2n) is 2.92. The quantitative estimate of drug-likeness (QED) is 0.524. The number of carbonyl (C=O) groups excluding carboxylic acids is 1. The summed E-state index contributed by atoms with van der Waals surface area (Å²) in [5.74, 6) is -0.421. The highest BCUT2D eigenvalue weighted by atomic mass is 31.1. The first-order valence-electron chi connectivity index (χ1n) is 4.63. The molecule has 0 radical (unpaired) electrons. The lowest BCUT2D eigenvalue weighted by Gasteiger charge is -2.13. The van der Waals surface area contributed by atoms with Crippen molar-refractivity contribution in [3.05, 3.63) is 0 Å². The SMILES string of the molecule is CCOC(=O)C1CCO[P+](=O)OCC1. The van der Waals surface area contributed by atoms with E-state index in [0.29, 0.717) is 19.4 Å². The molecule has 0 unspecified atom stereocenters. The second-order valence-corrected chi connectivity index (χ2v) is 3.88. The van der Waals surface area contributed by atoms with Gasteiger partial charge in [0.25, 0.3) is 0 Å². The summed E-state index contributed by atoms with van der Waals surface area (Å²) < 4.78 is 25.3. The molecule has 0 aromatic rings. The molecule has 1 aliphatic rings. The van der Waals surface area contributed by atoms with Crippen LogP contribution in [0.2, 0.25) is 0 Å². The number of ether oxygens (including phenoxy) is 1. The summed E-state index contributed by atoms with van der Waals surface area (Å²) in [6.45, 7) is 2.70. The number of hydrogen-bond acceptors (Lipinski definition) is 5. The molecule has 6 heteroatoms. The van der Waals surface area contributed by atoms with Crippen molar-refractivity contribution in [3.63, 3.8) is 0 Å². The Morgan fingerprint density at radius 3 is 2.50 bits per heavy atom. The molecule has 0 saturated carbocycles. The van der Waals surface area contributed by atoms with Crippen molar-refractivity contribution in [2.75, 3.05) is 19.8 Å². The topological polar surface area (TPSA) is 61.8 Å². The number of hydrogen-bond donors (Lipinski definition) is 0. The molecule has 1 aliphatic heterocycles. The van der Waals surface area contributed by atoms with E-state index in [2.05, 4.69) is 0 Å². The van der Waals surface area contributed by atoms with Crippen molar-refractivity contribution in [1.29, 1.82) is 0 Å². The summed E-state index contributed by atoms with van der Waals surface area (Å²) >= 11 is 0. The fraction of sp³-hybridized carbons (Fsp3) is 0.875. The van der Waals surface area contributed by atoms with Crippen molar-refractivity contribution >= 4 is 14.2 Å². The highest BCUT2D eigenvalue weighted by Gasteiger charge is 2.29. The average Bonchev–Trinajstić information content (AvgIpc) is 2.11. The first-order chi connectivity index (χ1) is 6.74. The Morgan fingerprint density at radius 1 is 1.43 bits per heavy atom. The molecule has 1 fully saturated rings. The Morgan fingerprint density at radius 2 is 2.00 bits per heavy atom. The normalized spacial score (nSPS) is 26.4. The minimum absolute atomic E-state index is 0.196. The molecule has 5 nitrogen and oxygen atoms in total. The van der Waals surface area contributed by atoms with Crippen LogP contribution in [-0.2, 0) is 23.1 Å². The molecule has 1 saturated heterocycles. The predicted octanol–water partition coefficient (Wildman–Crippen LogP) is 1.65. The maximum absolute atomic E-state index is 11.3. The summed E-state index contributed by atoms with van der Waals surface area (Å²) in [5, 5.41) is 0. The van der Waals surface area contributed by atoms with Crippen LogP contribution in [0.1, 0.15) is 19.8 Å². The van der Waals surface area contributed by atoms with Crippen LogP contribution < -0.4 is 0 Å². The maximum Gasteiger partial charge on any atom is 0.697 e. The van der Waals surface area contributed by atoms with Crippen LogP contribution in [0, 0.1) is 5.92 Å². The van der Waals surface area contributed by atoms with Crippen molar-refractivity contribution in [3.8, 4) is 0 Å². The highest BCUT2D eigenvalue weighted by Crippen LogP contribution is 2.28. The predicted molar refractivity (Wildman–Crippen MR) is 48.9 cm³/mol. The van der Waals surface area contributed by atoms with Crippen LogP contribution in [0.3, 0.4) is 0 Å². The van der Waals surface area contributed by atoms with E-state index < -0.39 is 8.25 Å². The molecule has 0 amide bonds. The summed E-state index contributed by atoms with van der Waals surface area (Å²) in [4.78, 5) is 11.3. The molecule has 0 atom stereocenters. The van der Waals surface area contributed by atoms with Gasteiger partial charge in [-0.2, -0.15) is 0 Å². The van der Waals surface area contributed by atoms with E-state index in [1.807, 2.05) is 0 Å². The van der Waals surface area contributed by atoms with E-state index in [9.17, 15) is 9.36 Å². The lowest BCUT2D eigenvalue weighted by molar-refractivity contribution is -0.149. The average molecular weight is 221 g/mol. The summed E-state index contributed by atoms with van der Waals surface area (Å²) in [6, 6.07) is 0. The number of carbonyl (C=O) groups is 1. The van der Waals surface area contributed by atoms with Gasteiger partial charge in [0.05, 0.1) is 12.5 Å². The van der Waals surface area contributed by atoms with Gasteiger partial charge in [0.2, 0.25) is 0 Å². The fourth-order valence-electron chi connectivity index (χ4n) is 1.22. The third kappa shape index (κ3) is 3.70. The van der Waals surface area contributed by atoms with Gasteiger partial charge in [0, 0.05) is 4.57 Å². The Labute approximate surface area is 83.7 Å². The van der Waals surface area contributed by atoms with Crippen molar-refractivity contribution in [2.45, 2.75) is 19.8 Å². The first kappa shape index (κ1) is 11.6. The third-order valence-corrected chi connectivity index (χ3v) is 2.73. The summed E-state index contributed by atoms with van der Waals surface area (Å²) in [7, 11) is -1.98. The molecule has 0 aliphatic carbocycles. The molecule has 80 valence electrons. The van der Waals surface area contributed by atoms with E-state index in [1.165, 1.54) is 0 Å². The van der Waals surface area contributed by atoms with Crippen molar-refractivity contribution in [2.24, 2.45) is 5.92 Å². The molecule has 0 N–H and O–H groups in total. The summed E-state index contributed by atoms with van der Waals surface area (Å²) in [6.07, 6.45) is 1.09. The molecular formula is C8H14O5P+. The number of esters is 1. The van der Waals surface area contributed by atoms with Gasteiger partial charge in [-0.25, -0.2) is 0 Å². The zero-order chi connectivity index (χ0) is 10.4. The Kier molecular flexibility index (Phi) is 5.01. The van der Waals surface area contributed by atoms with Crippen LogP contribution in [0.4, 0.5) is 0 Å². The molecule has 0 aromatic carbocycles.